The number of alkyl halides is 3. The number of aliphatic carboxylic acids is 1. The van der Waals surface area contributed by atoms with Gasteiger partial charge in [0.25, 0.3) is 0 Å². The molecule has 1 aliphatic carbocycles. The van der Waals surface area contributed by atoms with E-state index >= 15 is 0 Å². The van der Waals surface area contributed by atoms with Gasteiger partial charge in [-0.15, -0.1) is 0 Å². The van der Waals surface area contributed by atoms with Gasteiger partial charge in [0.2, 0.25) is 10.0 Å². The van der Waals surface area contributed by atoms with Crippen molar-refractivity contribution in [2.24, 2.45) is 5.92 Å². The molecule has 0 aliphatic heterocycles. The van der Waals surface area contributed by atoms with Crippen LogP contribution in [0.15, 0.2) is 65.7 Å². The van der Waals surface area contributed by atoms with Crippen LogP contribution in [0.4, 0.5) is 13.2 Å². The highest BCUT2D eigenvalue weighted by atomic mass is 32.2. The van der Waals surface area contributed by atoms with Crippen molar-refractivity contribution < 1.29 is 36.6 Å². The molecule has 44 heavy (non-hydrogen) atoms. The molecule has 238 valence electrons. The number of carboxylic acids is 1. The van der Waals surface area contributed by atoms with Crippen molar-refractivity contribution in [3.05, 3.63) is 83.0 Å². The van der Waals surface area contributed by atoms with Crippen molar-refractivity contribution in [1.82, 2.24) is 14.6 Å². The number of rotatable bonds is 13. The van der Waals surface area contributed by atoms with Crippen molar-refractivity contribution in [2.75, 3.05) is 20.1 Å². The maximum absolute atomic E-state index is 13.9. The minimum absolute atomic E-state index is 0.0000401. The topological polar surface area (TPSA) is 120 Å². The van der Waals surface area contributed by atoms with Crippen LogP contribution in [-0.4, -0.2) is 65.7 Å². The Balaban J connectivity index is 1.47. The van der Waals surface area contributed by atoms with E-state index in [1.807, 2.05) is 26.0 Å². The minimum Gasteiger partial charge on any atom is -0.481 e. The molecule has 4 rings (SSSR count). The van der Waals surface area contributed by atoms with Gasteiger partial charge < -0.3 is 15.5 Å². The van der Waals surface area contributed by atoms with Crippen molar-refractivity contribution in [3.63, 3.8) is 0 Å². The average molecular weight is 634 g/mol. The molecule has 1 aromatic heterocycles. The number of benzene rings is 2. The second kappa shape index (κ2) is 13.4. The van der Waals surface area contributed by atoms with E-state index in [0.717, 1.165) is 35.7 Å². The van der Waals surface area contributed by atoms with Crippen LogP contribution in [0.5, 0.6) is 0 Å². The van der Waals surface area contributed by atoms with Gasteiger partial charge in [-0.05, 0) is 86.4 Å². The van der Waals surface area contributed by atoms with E-state index in [4.69, 9.17) is 5.11 Å². The fourth-order valence-corrected chi connectivity index (χ4v) is 7.09. The number of nitrogens with one attached hydrogen (secondary N) is 1. The molecule has 0 saturated carbocycles. The first-order chi connectivity index (χ1) is 20.5. The molecule has 12 heteroatoms. The second-order valence-corrected chi connectivity index (χ2v) is 14.1. The summed E-state index contributed by atoms with van der Waals surface area (Å²) < 4.78 is 69.5. The zero-order chi connectivity index (χ0) is 32.3. The molecule has 3 aromatic rings. The molecule has 0 amide bonds. The van der Waals surface area contributed by atoms with Gasteiger partial charge in [-0.3, -0.25) is 9.78 Å². The number of β-amino-alcohol motifs (C(OH)–C–C–N with tert-alkyl or cyclic N) is 1. The molecule has 1 unspecified atom stereocenters. The fraction of sp³-hybridized carbons (Fsp3) is 0.438. The first kappa shape index (κ1) is 33.6. The lowest BCUT2D eigenvalue weighted by atomic mass is 9.88. The number of sulfonamides is 1. The Bertz CT molecular complexity index is 1570. The third-order valence-corrected chi connectivity index (χ3v) is 9.73. The number of likely N-dealkylation sites (N-methyl/N-ethyl adjacent to an activating group) is 1. The van der Waals surface area contributed by atoms with E-state index < -0.39 is 38.7 Å². The van der Waals surface area contributed by atoms with Crippen LogP contribution >= 0.6 is 0 Å². The molecule has 3 N–H and O–H groups in total. The number of nitrogens with zero attached hydrogens (tertiary/aromatic N) is 2. The van der Waals surface area contributed by atoms with E-state index in [0.29, 0.717) is 17.5 Å². The first-order valence-electron chi connectivity index (χ1n) is 14.4. The molecule has 2 aromatic carbocycles. The number of carboxylic acid groups (broad SMARTS) is 1. The van der Waals surface area contributed by atoms with Gasteiger partial charge in [-0.2, -0.15) is 17.5 Å². The van der Waals surface area contributed by atoms with Gasteiger partial charge in [0.1, 0.15) is 0 Å². The largest absolute Gasteiger partial charge is 0.481 e. The highest BCUT2D eigenvalue weighted by molar-refractivity contribution is 7.89. The first-order valence-corrected chi connectivity index (χ1v) is 15.8. The van der Waals surface area contributed by atoms with Crippen LogP contribution in [0.3, 0.4) is 0 Å². The third-order valence-electron chi connectivity index (χ3n) is 7.93. The van der Waals surface area contributed by atoms with Crippen LogP contribution in [0.2, 0.25) is 0 Å². The molecular weight excluding hydrogens is 595 g/mol. The highest BCUT2D eigenvalue weighted by Gasteiger charge is 2.35. The van der Waals surface area contributed by atoms with E-state index in [1.165, 1.54) is 30.4 Å². The Kier molecular flexibility index (Phi) is 10.2. The van der Waals surface area contributed by atoms with Gasteiger partial charge >= 0.3 is 12.1 Å². The molecule has 1 atom stereocenters. The number of hydrogen-bond acceptors (Lipinski definition) is 6. The zero-order valence-electron chi connectivity index (χ0n) is 24.9. The third kappa shape index (κ3) is 8.44. The van der Waals surface area contributed by atoms with Gasteiger partial charge in [-0.1, -0.05) is 30.3 Å². The predicted molar refractivity (Wildman–Crippen MR) is 160 cm³/mol. The Hall–Kier alpha value is -3.32. The number of aliphatic hydroxyl groups excluding tert-OH is 1. The van der Waals surface area contributed by atoms with E-state index in [1.54, 1.807) is 6.07 Å². The summed E-state index contributed by atoms with van der Waals surface area (Å²) in [4.78, 5) is 14.6. The molecule has 0 spiro atoms. The molecule has 1 aliphatic rings. The molecule has 8 nitrogen and oxygen atoms in total. The van der Waals surface area contributed by atoms with Crippen LogP contribution < -0.4 is 5.32 Å². The number of aliphatic hydroxyl groups is 1. The molecule has 0 saturated heterocycles. The van der Waals surface area contributed by atoms with Crippen molar-refractivity contribution in [1.29, 1.82) is 0 Å². The smallest absolute Gasteiger partial charge is 0.416 e. The number of pyridine rings is 1. The van der Waals surface area contributed by atoms with Crippen molar-refractivity contribution in [2.45, 2.75) is 68.7 Å². The van der Waals surface area contributed by atoms with Gasteiger partial charge in [0.15, 0.2) is 0 Å². The number of carbonyl (C=O) groups is 1. The number of halogens is 3. The summed E-state index contributed by atoms with van der Waals surface area (Å²) in [6.07, 6.45) is -2.12. The predicted octanol–water partition coefficient (Wildman–Crippen LogP) is 4.94. The maximum atomic E-state index is 13.9. The van der Waals surface area contributed by atoms with Crippen LogP contribution in [0.1, 0.15) is 48.9 Å². The van der Waals surface area contributed by atoms with E-state index in [-0.39, 0.29) is 42.7 Å². The second-order valence-electron chi connectivity index (χ2n) is 12.1. The molecule has 1 heterocycles. The molecule has 0 bridgehead atoms. The Morgan fingerprint density at radius 2 is 1.75 bits per heavy atom. The average Bonchev–Trinajstić information content (AvgIpc) is 3.36. The normalized spacial score (nSPS) is 15.0. The maximum Gasteiger partial charge on any atom is 0.416 e. The quantitative estimate of drug-likeness (QED) is 0.244. The Morgan fingerprint density at radius 1 is 1.09 bits per heavy atom. The number of hydrogen-bond donors (Lipinski definition) is 3. The fourth-order valence-electron chi connectivity index (χ4n) is 5.81. The summed E-state index contributed by atoms with van der Waals surface area (Å²) >= 11 is 0. The lowest BCUT2D eigenvalue weighted by Crippen LogP contribution is -2.47. The summed E-state index contributed by atoms with van der Waals surface area (Å²) in [6.45, 7) is 3.78. The number of aromatic nitrogens is 1. The summed E-state index contributed by atoms with van der Waals surface area (Å²) in [5, 5.41) is 23.1. The van der Waals surface area contributed by atoms with E-state index in [9.17, 15) is 31.5 Å². The standard InChI is InChI=1S/C32H38F3N3O5S/c1-31(2,18-21-13-23-7-4-5-8-24(23)14-21)37-19-27(39)20-38(3)44(42,43)28-16-25(15-26(17-28)32(33,34)35)30-22(9-6-12-36-30)10-11-29(40)41/h4-9,12,15-17,21,27,37,39H,10-11,13-14,18-20H2,1-3H3,(H,40,41). The summed E-state index contributed by atoms with van der Waals surface area (Å²) in [5.74, 6) is -0.650. The summed E-state index contributed by atoms with van der Waals surface area (Å²) in [7, 11) is -3.26. The lowest BCUT2D eigenvalue weighted by Gasteiger charge is -2.31. The monoisotopic (exact) mass is 633 g/mol. The number of fused-ring (bicyclic) bond motifs is 1. The van der Waals surface area contributed by atoms with Gasteiger partial charge in [0, 0.05) is 43.9 Å². The molecular formula is C32H38F3N3O5S. The van der Waals surface area contributed by atoms with Crippen LogP contribution in [0.25, 0.3) is 11.3 Å². The SMILES string of the molecule is CN(CC(O)CNC(C)(C)CC1Cc2ccccc2C1)S(=O)(=O)c1cc(-c2ncccc2CCC(=O)O)cc(C(F)(F)F)c1. The summed E-state index contributed by atoms with van der Waals surface area (Å²) in [5.41, 5.74) is 1.49. The van der Waals surface area contributed by atoms with Crippen LogP contribution in [0, 0.1) is 5.92 Å². The van der Waals surface area contributed by atoms with Crippen molar-refractivity contribution in [3.8, 4) is 11.3 Å². The lowest BCUT2D eigenvalue weighted by molar-refractivity contribution is -0.138. The van der Waals surface area contributed by atoms with Gasteiger partial charge in [0.05, 0.1) is 22.3 Å². The van der Waals surface area contributed by atoms with Gasteiger partial charge in [-0.25, -0.2) is 8.42 Å². The highest BCUT2D eigenvalue weighted by Crippen LogP contribution is 2.36. The summed E-state index contributed by atoms with van der Waals surface area (Å²) in [6, 6.07) is 13.9. The Morgan fingerprint density at radius 3 is 2.36 bits per heavy atom. The molecule has 0 fully saturated rings. The van der Waals surface area contributed by atoms with Crippen molar-refractivity contribution >= 4 is 16.0 Å². The minimum atomic E-state index is -4.86. The van der Waals surface area contributed by atoms with Crippen LogP contribution in [-0.2, 0) is 40.3 Å². The molecule has 0 radical (unpaired) electrons. The number of aryl methyl sites for hydroxylation is 1. The van der Waals surface area contributed by atoms with E-state index in [2.05, 4.69) is 22.4 Å². The Labute approximate surface area is 256 Å². The zero-order valence-corrected chi connectivity index (χ0v) is 25.8.